The largest absolute Gasteiger partial charge is 0.456 e. The van der Waals surface area contributed by atoms with Crippen molar-refractivity contribution in [1.29, 1.82) is 0 Å². The number of hydrogen-bond acceptors (Lipinski definition) is 2. The Bertz CT molecular complexity index is 1600. The van der Waals surface area contributed by atoms with Gasteiger partial charge < -0.3 is 4.42 Å². The molecule has 8 unspecified atom stereocenters. The van der Waals surface area contributed by atoms with Gasteiger partial charge in [0.15, 0.2) is 0 Å². The summed E-state index contributed by atoms with van der Waals surface area (Å²) in [7, 11) is 0. The number of furan rings is 1. The summed E-state index contributed by atoms with van der Waals surface area (Å²) in [4.78, 5) is 3.27. The lowest BCUT2D eigenvalue weighted by atomic mass is 9.67. The van der Waals surface area contributed by atoms with Gasteiger partial charge in [-0.1, -0.05) is 112 Å². The second kappa shape index (κ2) is 12.2. The van der Waals surface area contributed by atoms with Gasteiger partial charge in [-0.05, 0) is 110 Å². The normalized spacial score (nSPS) is 34.8. The van der Waals surface area contributed by atoms with E-state index in [0.717, 1.165) is 58.9 Å². The number of likely N-dealkylation sites (tertiary alicyclic amines) is 1. The number of hydrogen-bond donors (Lipinski definition) is 0. The average Bonchev–Trinajstić information content (AvgIpc) is 3.56. The van der Waals surface area contributed by atoms with Crippen LogP contribution in [0, 0.1) is 23.7 Å². The third-order valence-electron chi connectivity index (χ3n) is 13.9. The van der Waals surface area contributed by atoms with Crippen LogP contribution in [0.15, 0.2) is 77.2 Å². The predicted molar refractivity (Wildman–Crippen MR) is 187 cm³/mol. The summed E-state index contributed by atoms with van der Waals surface area (Å²) in [5.74, 6) is 5.05. The minimum atomic E-state index is 0.613. The van der Waals surface area contributed by atoms with Crippen molar-refractivity contribution in [3.05, 3.63) is 83.9 Å². The first-order valence-corrected chi connectivity index (χ1v) is 19.0. The van der Waals surface area contributed by atoms with Crippen molar-refractivity contribution >= 4 is 21.9 Å². The number of nitrogens with zero attached hydrogens (tertiary/aromatic N) is 1. The molecule has 5 aliphatic rings. The fourth-order valence-corrected chi connectivity index (χ4v) is 11.9. The zero-order chi connectivity index (χ0) is 29.7. The lowest BCUT2D eigenvalue weighted by molar-refractivity contribution is 0.0333. The van der Waals surface area contributed by atoms with E-state index in [4.69, 9.17) is 4.42 Å². The van der Waals surface area contributed by atoms with Crippen LogP contribution in [0.2, 0.25) is 0 Å². The highest BCUT2D eigenvalue weighted by atomic mass is 16.3. The van der Waals surface area contributed by atoms with Crippen molar-refractivity contribution in [3.63, 3.8) is 0 Å². The van der Waals surface area contributed by atoms with Crippen LogP contribution in [-0.2, 0) is 0 Å². The maximum atomic E-state index is 6.59. The van der Waals surface area contributed by atoms with Crippen molar-refractivity contribution < 1.29 is 4.42 Å². The van der Waals surface area contributed by atoms with Crippen molar-refractivity contribution in [2.45, 2.75) is 133 Å². The summed E-state index contributed by atoms with van der Waals surface area (Å²) in [6, 6.07) is 29.7. The molecule has 0 radical (unpaired) electrons. The maximum Gasteiger partial charge on any atom is 0.138 e. The Morgan fingerprint density at radius 3 is 2.16 bits per heavy atom. The summed E-state index contributed by atoms with van der Waals surface area (Å²) in [6.45, 7) is 0. The van der Waals surface area contributed by atoms with E-state index in [9.17, 15) is 0 Å². The quantitative estimate of drug-likeness (QED) is 0.232. The van der Waals surface area contributed by atoms with Crippen LogP contribution in [0.5, 0.6) is 0 Å². The van der Waals surface area contributed by atoms with E-state index in [1.54, 1.807) is 5.56 Å². The van der Waals surface area contributed by atoms with Crippen molar-refractivity contribution in [2.75, 3.05) is 0 Å². The monoisotopic (exact) mass is 599 g/mol. The van der Waals surface area contributed by atoms with Crippen molar-refractivity contribution in [1.82, 2.24) is 4.90 Å². The zero-order valence-corrected chi connectivity index (χ0v) is 27.3. The minimum Gasteiger partial charge on any atom is -0.456 e. The second-order valence-corrected chi connectivity index (χ2v) is 16.0. The van der Waals surface area contributed by atoms with E-state index in [2.05, 4.69) is 77.7 Å². The molecule has 4 aliphatic carbocycles. The van der Waals surface area contributed by atoms with Crippen LogP contribution in [0.4, 0.5) is 0 Å². The zero-order valence-electron chi connectivity index (χ0n) is 27.3. The molecule has 236 valence electrons. The van der Waals surface area contributed by atoms with E-state index < -0.39 is 0 Å². The highest BCUT2D eigenvalue weighted by molar-refractivity contribution is 6.05. The molecule has 4 aromatic rings. The van der Waals surface area contributed by atoms with Gasteiger partial charge in [0.2, 0.25) is 0 Å². The first-order chi connectivity index (χ1) is 22.3. The van der Waals surface area contributed by atoms with Crippen LogP contribution in [0.3, 0.4) is 0 Å². The van der Waals surface area contributed by atoms with Gasteiger partial charge in [-0.3, -0.25) is 4.90 Å². The standard InChI is InChI=1S/C43H53NO/c1-3-12-29(13-4-1)32-26-33(30-14-5-2-6-15-30)28-34(27-32)44-40-20-9-7-16-36(40)37-24-22-31(23-25-41(37)44)35-18-11-19-39-38-17-8-10-21-42(38)45-43(35)39/h1,3-4,8,10-13,17-19,21,30-34,36-37,40-41H,2,5-7,9,14-16,20,22-28H2. The molecular weight excluding hydrogens is 546 g/mol. The third-order valence-corrected chi connectivity index (χ3v) is 13.9. The Hall–Kier alpha value is -2.58. The topological polar surface area (TPSA) is 16.4 Å². The van der Waals surface area contributed by atoms with E-state index in [0.29, 0.717) is 5.92 Å². The molecule has 2 nitrogen and oxygen atoms in total. The van der Waals surface area contributed by atoms with Crippen LogP contribution in [-0.4, -0.2) is 23.0 Å². The molecule has 45 heavy (non-hydrogen) atoms. The van der Waals surface area contributed by atoms with Gasteiger partial charge in [0.1, 0.15) is 11.2 Å². The highest BCUT2D eigenvalue weighted by Crippen LogP contribution is 2.55. The molecule has 3 aromatic carbocycles. The predicted octanol–water partition coefficient (Wildman–Crippen LogP) is 11.6. The lowest BCUT2D eigenvalue weighted by Crippen LogP contribution is -2.49. The van der Waals surface area contributed by atoms with Gasteiger partial charge in [0, 0.05) is 28.9 Å². The van der Waals surface area contributed by atoms with E-state index >= 15 is 0 Å². The Labute approximate surface area is 271 Å². The van der Waals surface area contributed by atoms with Gasteiger partial charge >= 0.3 is 0 Å². The Morgan fingerprint density at radius 1 is 0.511 bits per heavy atom. The van der Waals surface area contributed by atoms with Gasteiger partial charge in [-0.15, -0.1) is 0 Å². The molecule has 0 N–H and O–H groups in total. The van der Waals surface area contributed by atoms with E-state index in [-0.39, 0.29) is 0 Å². The van der Waals surface area contributed by atoms with Gasteiger partial charge in [0.25, 0.3) is 0 Å². The first-order valence-electron chi connectivity index (χ1n) is 19.0. The lowest BCUT2D eigenvalue weighted by Gasteiger charge is -2.47. The molecule has 2 heterocycles. The molecule has 5 fully saturated rings. The Balaban J connectivity index is 1.03. The average molecular weight is 600 g/mol. The molecule has 0 spiro atoms. The summed E-state index contributed by atoms with van der Waals surface area (Å²) < 4.78 is 6.59. The third kappa shape index (κ3) is 5.18. The van der Waals surface area contributed by atoms with Gasteiger partial charge in [-0.2, -0.15) is 0 Å². The molecule has 1 saturated heterocycles. The van der Waals surface area contributed by atoms with E-state index in [1.165, 1.54) is 119 Å². The fraction of sp³-hybridized carbons (Fsp3) is 0.581. The second-order valence-electron chi connectivity index (χ2n) is 16.0. The number of fused-ring (bicyclic) bond motifs is 6. The smallest absolute Gasteiger partial charge is 0.138 e. The van der Waals surface area contributed by atoms with Gasteiger partial charge in [0.05, 0.1) is 0 Å². The molecule has 4 saturated carbocycles. The Morgan fingerprint density at radius 2 is 1.24 bits per heavy atom. The molecule has 1 aliphatic heterocycles. The number of rotatable bonds is 4. The molecule has 8 atom stereocenters. The summed E-state index contributed by atoms with van der Waals surface area (Å²) in [5.41, 5.74) is 5.31. The van der Waals surface area contributed by atoms with Gasteiger partial charge in [-0.25, -0.2) is 0 Å². The maximum absolute atomic E-state index is 6.59. The SMILES string of the molecule is c1ccc(C2CC(C3CCCCC3)CC(N3C4CCCCC4C4CCC(c5cccc6c5oc5ccccc56)CCC43)C2)cc1. The molecule has 0 bridgehead atoms. The molecule has 9 rings (SSSR count). The van der Waals surface area contributed by atoms with Crippen LogP contribution >= 0.6 is 0 Å². The number of benzene rings is 3. The highest BCUT2D eigenvalue weighted by Gasteiger charge is 2.53. The molecule has 2 heteroatoms. The Kier molecular flexibility index (Phi) is 7.77. The summed E-state index contributed by atoms with van der Waals surface area (Å²) >= 11 is 0. The van der Waals surface area contributed by atoms with Crippen molar-refractivity contribution in [2.24, 2.45) is 23.7 Å². The minimum absolute atomic E-state index is 0.613. The summed E-state index contributed by atoms with van der Waals surface area (Å²) in [6.07, 6.45) is 23.0. The van der Waals surface area contributed by atoms with Crippen LogP contribution in [0.25, 0.3) is 21.9 Å². The van der Waals surface area contributed by atoms with Crippen LogP contribution < -0.4 is 0 Å². The van der Waals surface area contributed by atoms with E-state index in [1.807, 2.05) is 0 Å². The first kappa shape index (κ1) is 28.6. The fourth-order valence-electron chi connectivity index (χ4n) is 11.9. The molecule has 1 aromatic heterocycles. The number of para-hydroxylation sites is 2. The summed E-state index contributed by atoms with van der Waals surface area (Å²) in [5, 5.41) is 2.58. The molecule has 0 amide bonds. The van der Waals surface area contributed by atoms with Crippen molar-refractivity contribution in [3.8, 4) is 0 Å². The molecular formula is C43H53NO. The van der Waals surface area contributed by atoms with Crippen LogP contribution in [0.1, 0.15) is 126 Å².